The Bertz CT molecular complexity index is 550. The zero-order chi connectivity index (χ0) is 16.8. The van der Waals surface area contributed by atoms with Crippen LogP contribution in [0.4, 0.5) is 0 Å². The van der Waals surface area contributed by atoms with Crippen LogP contribution in [0.25, 0.3) is 6.08 Å². The molecule has 0 bridgehead atoms. The quantitative estimate of drug-likeness (QED) is 0.576. The molecule has 0 spiro atoms. The molecule has 7 heteroatoms. The summed E-state index contributed by atoms with van der Waals surface area (Å²) in [7, 11) is 0. The summed E-state index contributed by atoms with van der Waals surface area (Å²) >= 11 is -4.93. The molecule has 1 rings (SSSR count). The van der Waals surface area contributed by atoms with Gasteiger partial charge in [0.1, 0.15) is 0 Å². The van der Waals surface area contributed by atoms with E-state index in [1.807, 2.05) is 31.2 Å². The first kappa shape index (κ1) is 18.3. The maximum atomic E-state index is 11.3. The summed E-state index contributed by atoms with van der Waals surface area (Å²) in [5, 5.41) is 0. The van der Waals surface area contributed by atoms with E-state index in [0.29, 0.717) is 0 Å². The Labute approximate surface area is 135 Å². The molecule has 6 nitrogen and oxygen atoms in total. The van der Waals surface area contributed by atoms with Crippen LogP contribution < -0.4 is 0 Å². The van der Waals surface area contributed by atoms with Gasteiger partial charge in [0, 0.05) is 0 Å². The molecule has 0 aromatic heterocycles. The van der Waals surface area contributed by atoms with E-state index in [1.165, 1.54) is 24.4 Å². The second-order valence-electron chi connectivity index (χ2n) is 4.63. The first-order valence-electron chi connectivity index (χ1n) is 6.57. The minimum absolute atomic E-state index is 0.669. The van der Waals surface area contributed by atoms with Crippen LogP contribution in [0.15, 0.2) is 27.9 Å². The van der Waals surface area contributed by atoms with Crippen molar-refractivity contribution in [3.8, 4) is 0 Å². The zero-order valence-corrected chi connectivity index (χ0v) is 16.8. The van der Waals surface area contributed by atoms with Gasteiger partial charge in [-0.3, -0.25) is 0 Å². The van der Waals surface area contributed by atoms with E-state index in [1.54, 1.807) is 6.08 Å². The third-order valence-corrected chi connectivity index (χ3v) is 11.3. The predicted octanol–water partition coefficient (Wildman–Crippen LogP) is 2.18. The Morgan fingerprint density at radius 3 is 1.64 bits per heavy atom. The molecule has 118 valence electrons. The van der Waals surface area contributed by atoms with Gasteiger partial charge < -0.3 is 0 Å². The second-order valence-corrected chi connectivity index (χ2v) is 13.0. The second kappa shape index (κ2) is 8.06. The Balaban J connectivity index is 3.14. The van der Waals surface area contributed by atoms with Crippen molar-refractivity contribution in [2.24, 2.45) is 0 Å². The SMILES string of the molecule is CC(=O)[O][Pb](/[CH]=C/c1ccc(C)cc1)([O]C(C)=O)[O]C(C)=O. The molecule has 0 atom stereocenters. The van der Waals surface area contributed by atoms with Gasteiger partial charge in [-0.05, 0) is 0 Å². The van der Waals surface area contributed by atoms with Gasteiger partial charge in [0.15, 0.2) is 0 Å². The van der Waals surface area contributed by atoms with Crippen molar-refractivity contribution in [2.45, 2.75) is 27.7 Å². The van der Waals surface area contributed by atoms with Gasteiger partial charge in [-0.25, -0.2) is 0 Å². The van der Waals surface area contributed by atoms with E-state index in [2.05, 4.69) is 0 Å². The number of benzene rings is 1. The first-order chi connectivity index (χ1) is 10.2. The van der Waals surface area contributed by atoms with E-state index in [0.717, 1.165) is 11.1 Å². The van der Waals surface area contributed by atoms with Crippen molar-refractivity contribution in [1.82, 2.24) is 0 Å². The number of hydrogen-bond acceptors (Lipinski definition) is 6. The van der Waals surface area contributed by atoms with Crippen LogP contribution in [0.3, 0.4) is 0 Å². The van der Waals surface area contributed by atoms with E-state index in [-0.39, 0.29) is 0 Å². The van der Waals surface area contributed by atoms with Gasteiger partial charge in [0.05, 0.1) is 0 Å². The van der Waals surface area contributed by atoms with Gasteiger partial charge in [-0.15, -0.1) is 0 Å². The fourth-order valence-corrected chi connectivity index (χ4v) is 9.14. The molecular formula is C15H18O6Pb. The number of aryl methyl sites for hydroxylation is 1. The van der Waals surface area contributed by atoms with Gasteiger partial charge in [0.25, 0.3) is 0 Å². The van der Waals surface area contributed by atoms with Gasteiger partial charge >= 0.3 is 136 Å². The van der Waals surface area contributed by atoms with Crippen LogP contribution >= 0.6 is 0 Å². The molecular weight excluding hydrogens is 483 g/mol. The van der Waals surface area contributed by atoms with Crippen molar-refractivity contribution in [3.63, 3.8) is 0 Å². The van der Waals surface area contributed by atoms with Crippen molar-refractivity contribution >= 4 is 46.5 Å². The molecule has 0 aliphatic carbocycles. The monoisotopic (exact) mass is 502 g/mol. The van der Waals surface area contributed by atoms with E-state index in [9.17, 15) is 14.4 Å². The molecule has 1 aromatic carbocycles. The number of rotatable bonds is 5. The topological polar surface area (TPSA) is 78.9 Å². The van der Waals surface area contributed by atoms with Crippen LogP contribution in [0.1, 0.15) is 31.9 Å². The van der Waals surface area contributed by atoms with E-state index < -0.39 is 40.4 Å². The third-order valence-electron chi connectivity index (χ3n) is 2.42. The normalized spacial score (nSPS) is 11.1. The Morgan fingerprint density at radius 1 is 0.864 bits per heavy atom. The van der Waals surface area contributed by atoms with Gasteiger partial charge in [0.2, 0.25) is 0 Å². The molecule has 0 N–H and O–H groups in total. The van der Waals surface area contributed by atoms with E-state index >= 15 is 0 Å². The average Bonchev–Trinajstić information content (AvgIpc) is 2.35. The first-order valence-corrected chi connectivity index (χ1v) is 13.6. The Kier molecular flexibility index (Phi) is 6.72. The predicted molar refractivity (Wildman–Crippen MR) is 81.3 cm³/mol. The Hall–Kier alpha value is -1.71. The molecule has 0 unspecified atom stereocenters. The summed E-state index contributed by atoms with van der Waals surface area (Å²) in [5.74, 6) is -2.01. The van der Waals surface area contributed by atoms with Crippen molar-refractivity contribution in [2.75, 3.05) is 0 Å². The van der Waals surface area contributed by atoms with Crippen LogP contribution in [0.5, 0.6) is 0 Å². The summed E-state index contributed by atoms with van der Waals surface area (Å²) in [6.45, 7) is 5.46. The molecule has 1 aromatic rings. The standard InChI is InChI=1S/C9H9.3C2H4O2.Pb/c1-3-9-6-4-8(2)5-7-9;3*1-2(3)4;/h1,3-7H,2H3;3*1H3,(H,3,4);/q;;;;+3/p-3. The van der Waals surface area contributed by atoms with Crippen LogP contribution in [-0.2, 0) is 22.4 Å². The van der Waals surface area contributed by atoms with E-state index in [4.69, 9.17) is 8.06 Å². The molecule has 0 saturated heterocycles. The maximum absolute atomic E-state index is 11.3. The fourth-order valence-electron chi connectivity index (χ4n) is 1.64. The Morgan fingerprint density at radius 2 is 1.27 bits per heavy atom. The van der Waals surface area contributed by atoms with Crippen molar-refractivity contribution in [3.05, 3.63) is 39.0 Å². The fraction of sp³-hybridized carbons (Fsp3) is 0.267. The molecule has 22 heavy (non-hydrogen) atoms. The summed E-state index contributed by atoms with van der Waals surface area (Å²) in [6.07, 6.45) is 1.62. The van der Waals surface area contributed by atoms with Crippen molar-refractivity contribution < 1.29 is 22.4 Å². The van der Waals surface area contributed by atoms with Crippen LogP contribution in [-0.4, -0.2) is 40.4 Å². The average molecular weight is 502 g/mol. The molecule has 0 heterocycles. The summed E-state index contributed by atoms with van der Waals surface area (Å²) in [6, 6.07) is 7.50. The van der Waals surface area contributed by atoms with Gasteiger partial charge in [-0.1, -0.05) is 0 Å². The summed E-state index contributed by atoms with van der Waals surface area (Å²) in [5.41, 5.74) is 1.90. The molecule has 0 amide bonds. The number of carbonyl (C=O) groups is 3. The third kappa shape index (κ3) is 6.37. The van der Waals surface area contributed by atoms with Gasteiger partial charge in [-0.2, -0.15) is 0 Å². The zero-order valence-electron chi connectivity index (χ0n) is 12.9. The minimum atomic E-state index is -4.93. The number of hydrogen-bond donors (Lipinski definition) is 0. The van der Waals surface area contributed by atoms with Crippen molar-refractivity contribution in [1.29, 1.82) is 0 Å². The molecule has 0 fully saturated rings. The summed E-state index contributed by atoms with van der Waals surface area (Å²) < 4.78 is 16.8. The van der Waals surface area contributed by atoms with Crippen LogP contribution in [0.2, 0.25) is 0 Å². The molecule has 0 aliphatic rings. The molecule has 0 saturated carbocycles. The number of carbonyl (C=O) groups excluding carboxylic acids is 3. The molecule has 0 aliphatic heterocycles. The molecule has 0 radical (unpaired) electrons. The van der Waals surface area contributed by atoms with Crippen LogP contribution in [0, 0.1) is 6.92 Å². The summed E-state index contributed by atoms with van der Waals surface area (Å²) in [4.78, 5) is 33.9.